The minimum Gasteiger partial charge on any atom is -0.280 e. The average molecular weight is 487 g/mol. The van der Waals surface area contributed by atoms with Crippen molar-refractivity contribution in [2.75, 3.05) is 21.3 Å². The third kappa shape index (κ3) is 4.21. The second-order valence-electron chi connectivity index (χ2n) is 7.07. The molecule has 0 radical (unpaired) electrons. The molecule has 9 heteroatoms. The van der Waals surface area contributed by atoms with Gasteiger partial charge in [0.15, 0.2) is 0 Å². The Morgan fingerprint density at radius 1 is 1.00 bits per heavy atom. The zero-order chi connectivity index (χ0) is 20.7. The number of halogens is 1. The highest BCUT2D eigenvalue weighted by Crippen LogP contribution is 2.32. The molecule has 1 heterocycles. The van der Waals surface area contributed by atoms with Crippen LogP contribution in [-0.2, 0) is 20.0 Å². The molecular formula is C19H23BrN2O4S2. The number of sulfonamides is 2. The van der Waals surface area contributed by atoms with E-state index in [1.165, 1.54) is 4.31 Å². The van der Waals surface area contributed by atoms with Crippen molar-refractivity contribution < 1.29 is 16.8 Å². The van der Waals surface area contributed by atoms with Crippen molar-refractivity contribution in [3.63, 3.8) is 0 Å². The minimum absolute atomic E-state index is 0.121. The molecule has 28 heavy (non-hydrogen) atoms. The largest absolute Gasteiger partial charge is 0.280 e. The predicted molar refractivity (Wildman–Crippen MR) is 116 cm³/mol. The summed E-state index contributed by atoms with van der Waals surface area (Å²) in [6.07, 6.45) is 1.45. The van der Waals surface area contributed by atoms with Crippen LogP contribution < -0.4 is 9.03 Å². The molecule has 0 saturated carbocycles. The van der Waals surface area contributed by atoms with Crippen molar-refractivity contribution in [2.24, 2.45) is 0 Å². The van der Waals surface area contributed by atoms with Gasteiger partial charge in [0.05, 0.1) is 16.3 Å². The maximum atomic E-state index is 12.9. The summed E-state index contributed by atoms with van der Waals surface area (Å²) in [6, 6.07) is 8.42. The maximum absolute atomic E-state index is 12.9. The van der Waals surface area contributed by atoms with Crippen LogP contribution >= 0.6 is 15.9 Å². The first kappa shape index (κ1) is 21.1. The molecule has 3 rings (SSSR count). The molecule has 1 aliphatic rings. The lowest BCUT2D eigenvalue weighted by molar-refractivity contribution is 0.574. The van der Waals surface area contributed by atoms with Crippen molar-refractivity contribution in [2.45, 2.75) is 38.5 Å². The van der Waals surface area contributed by atoms with E-state index in [2.05, 4.69) is 20.7 Å². The van der Waals surface area contributed by atoms with Gasteiger partial charge in [-0.1, -0.05) is 15.9 Å². The van der Waals surface area contributed by atoms with Gasteiger partial charge in [-0.15, -0.1) is 0 Å². The zero-order valence-corrected chi connectivity index (χ0v) is 19.2. The second kappa shape index (κ2) is 7.68. The molecule has 0 spiro atoms. The van der Waals surface area contributed by atoms with Crippen LogP contribution in [0.1, 0.15) is 29.5 Å². The molecule has 1 fully saturated rings. The number of nitrogens with zero attached hydrogens (tertiary/aromatic N) is 1. The highest BCUT2D eigenvalue weighted by Gasteiger charge is 2.28. The SMILES string of the molecule is Cc1cc(NS(=O)(=O)c2cc(C)c(N3CCCCS3(=O)=O)cc2C)ccc1Br. The van der Waals surface area contributed by atoms with E-state index in [0.717, 1.165) is 16.5 Å². The lowest BCUT2D eigenvalue weighted by Crippen LogP contribution is -2.38. The summed E-state index contributed by atoms with van der Waals surface area (Å²) in [4.78, 5) is 0.142. The van der Waals surface area contributed by atoms with Crippen molar-refractivity contribution >= 4 is 47.4 Å². The van der Waals surface area contributed by atoms with E-state index in [1.807, 2.05) is 6.92 Å². The standard InChI is InChI=1S/C19H23BrN2O4S2/c1-13-10-16(6-7-17(13)20)21-28(25,26)19-12-14(2)18(11-15(19)3)22-8-4-5-9-27(22,23)24/h6-7,10-12,21H,4-5,8-9H2,1-3H3. The smallest absolute Gasteiger partial charge is 0.262 e. The Bertz CT molecular complexity index is 1130. The van der Waals surface area contributed by atoms with Crippen molar-refractivity contribution in [3.05, 3.63) is 51.5 Å². The second-order valence-corrected chi connectivity index (χ2v) is 11.6. The van der Waals surface area contributed by atoms with Crippen molar-refractivity contribution in [1.82, 2.24) is 0 Å². The Hall–Kier alpha value is -1.58. The van der Waals surface area contributed by atoms with Crippen molar-refractivity contribution in [1.29, 1.82) is 0 Å². The van der Waals surface area contributed by atoms with Gasteiger partial charge in [-0.2, -0.15) is 0 Å². The Kier molecular flexibility index (Phi) is 5.80. The first-order chi connectivity index (χ1) is 13.0. The average Bonchev–Trinajstić information content (AvgIpc) is 2.59. The van der Waals surface area contributed by atoms with Crippen LogP contribution in [0.15, 0.2) is 39.7 Å². The van der Waals surface area contributed by atoms with E-state index in [9.17, 15) is 16.8 Å². The van der Waals surface area contributed by atoms with Crippen LogP contribution in [0.4, 0.5) is 11.4 Å². The molecule has 1 aliphatic heterocycles. The minimum atomic E-state index is -3.81. The highest BCUT2D eigenvalue weighted by atomic mass is 79.9. The summed E-state index contributed by atoms with van der Waals surface area (Å²) < 4.78 is 55.6. The van der Waals surface area contributed by atoms with Gasteiger partial charge in [-0.3, -0.25) is 9.03 Å². The lowest BCUT2D eigenvalue weighted by atomic mass is 10.1. The van der Waals surface area contributed by atoms with Gasteiger partial charge in [-0.05, 0) is 80.6 Å². The molecule has 0 aliphatic carbocycles. The number of hydrogen-bond donors (Lipinski definition) is 1. The quantitative estimate of drug-likeness (QED) is 0.704. The Balaban J connectivity index is 1.98. The molecule has 2 aromatic rings. The molecular weight excluding hydrogens is 464 g/mol. The number of anilines is 2. The molecule has 1 N–H and O–H groups in total. The van der Waals surface area contributed by atoms with Gasteiger partial charge in [-0.25, -0.2) is 16.8 Å². The molecule has 0 atom stereocenters. The number of benzene rings is 2. The van der Waals surface area contributed by atoms with E-state index in [0.29, 0.717) is 35.5 Å². The fraction of sp³-hybridized carbons (Fsp3) is 0.368. The van der Waals surface area contributed by atoms with Crippen LogP contribution in [0.2, 0.25) is 0 Å². The summed E-state index contributed by atoms with van der Waals surface area (Å²) >= 11 is 3.40. The Morgan fingerprint density at radius 3 is 2.36 bits per heavy atom. The van der Waals surface area contributed by atoms with E-state index >= 15 is 0 Å². The highest BCUT2D eigenvalue weighted by molar-refractivity contribution is 9.10. The normalized spacial score (nSPS) is 16.8. The van der Waals surface area contributed by atoms with Gasteiger partial charge < -0.3 is 0 Å². The van der Waals surface area contributed by atoms with Gasteiger partial charge in [0, 0.05) is 16.7 Å². The summed E-state index contributed by atoms with van der Waals surface area (Å²) in [6.45, 7) is 5.72. The van der Waals surface area contributed by atoms with Gasteiger partial charge >= 0.3 is 0 Å². The molecule has 0 unspecified atom stereocenters. The van der Waals surface area contributed by atoms with Crippen LogP contribution in [0.25, 0.3) is 0 Å². The van der Waals surface area contributed by atoms with Crippen molar-refractivity contribution in [3.8, 4) is 0 Å². The summed E-state index contributed by atoms with van der Waals surface area (Å²) in [5.41, 5.74) is 3.06. The lowest BCUT2D eigenvalue weighted by Gasteiger charge is -2.30. The third-order valence-corrected chi connectivity index (χ3v) is 9.08. The number of hydrogen-bond acceptors (Lipinski definition) is 4. The fourth-order valence-electron chi connectivity index (χ4n) is 3.31. The third-order valence-electron chi connectivity index (χ3n) is 4.81. The van der Waals surface area contributed by atoms with Crippen LogP contribution in [0.5, 0.6) is 0 Å². The molecule has 0 aromatic heterocycles. The monoisotopic (exact) mass is 486 g/mol. The number of rotatable bonds is 4. The van der Waals surface area contributed by atoms with Crippen LogP contribution in [0, 0.1) is 20.8 Å². The maximum Gasteiger partial charge on any atom is 0.262 e. The van der Waals surface area contributed by atoms with Crippen LogP contribution in [-0.4, -0.2) is 29.1 Å². The van der Waals surface area contributed by atoms with Gasteiger partial charge in [0.2, 0.25) is 10.0 Å². The molecule has 6 nitrogen and oxygen atoms in total. The number of aryl methyl sites for hydroxylation is 3. The summed E-state index contributed by atoms with van der Waals surface area (Å²) in [5.74, 6) is 0.121. The zero-order valence-electron chi connectivity index (χ0n) is 16.0. The fourth-order valence-corrected chi connectivity index (χ4v) is 6.61. The molecule has 0 bridgehead atoms. The van der Waals surface area contributed by atoms with Gasteiger partial charge in [0.1, 0.15) is 0 Å². The van der Waals surface area contributed by atoms with E-state index in [-0.39, 0.29) is 10.6 Å². The summed E-state index contributed by atoms with van der Waals surface area (Å²) in [7, 11) is -7.16. The van der Waals surface area contributed by atoms with Gasteiger partial charge in [0.25, 0.3) is 10.0 Å². The molecule has 152 valence electrons. The van der Waals surface area contributed by atoms with Crippen LogP contribution in [0.3, 0.4) is 0 Å². The Morgan fingerprint density at radius 2 is 1.71 bits per heavy atom. The molecule has 1 saturated heterocycles. The predicted octanol–water partition coefficient (Wildman–Crippen LogP) is 4.11. The van der Waals surface area contributed by atoms with E-state index in [1.54, 1.807) is 44.2 Å². The molecule has 0 amide bonds. The first-order valence-corrected chi connectivity index (χ1v) is 12.8. The van der Waals surface area contributed by atoms with E-state index < -0.39 is 20.0 Å². The Labute approximate surface area is 175 Å². The number of nitrogens with one attached hydrogen (secondary N) is 1. The molecule has 2 aromatic carbocycles. The first-order valence-electron chi connectivity index (χ1n) is 8.92. The summed E-state index contributed by atoms with van der Waals surface area (Å²) in [5, 5.41) is 0. The topological polar surface area (TPSA) is 83.6 Å². The van der Waals surface area contributed by atoms with E-state index in [4.69, 9.17) is 0 Å².